The van der Waals surface area contributed by atoms with Crippen LogP contribution >= 0.6 is 0 Å². The molecule has 1 amide bonds. The number of nitrogens with zero attached hydrogens (tertiary/aromatic N) is 3. The van der Waals surface area contributed by atoms with Crippen molar-refractivity contribution < 1.29 is 4.79 Å². The fourth-order valence-corrected chi connectivity index (χ4v) is 4.22. The smallest absolute Gasteiger partial charge is 0.238 e. The largest absolute Gasteiger partial charge is 0.273 e. The quantitative estimate of drug-likeness (QED) is 0.542. The van der Waals surface area contributed by atoms with Crippen LogP contribution in [0.25, 0.3) is 0 Å². The third-order valence-electron chi connectivity index (χ3n) is 5.58. The minimum absolute atomic E-state index is 0.0216. The van der Waals surface area contributed by atoms with E-state index in [1.54, 1.807) is 19.3 Å². The van der Waals surface area contributed by atoms with E-state index in [9.17, 15) is 4.79 Å². The topological polar surface area (TPSA) is 36.4 Å². The predicted molar refractivity (Wildman–Crippen MR) is 116 cm³/mol. The van der Waals surface area contributed by atoms with Crippen molar-refractivity contribution in [3.05, 3.63) is 90.3 Å². The standard InChI is InChI=1S/C25H26N3O/c1-20(29)27(18-16-22-11-7-10-21-9-5-6-15-25(21)22)28(23-12-3-2-4-13-23)24-14-8-17-26-19-24/h2-6,8,12-15,17,19,22H,7,10-11,16,18H2,1H3. The molecule has 29 heavy (non-hydrogen) atoms. The van der Waals surface area contributed by atoms with E-state index in [2.05, 4.69) is 23.2 Å². The van der Waals surface area contributed by atoms with Crippen molar-refractivity contribution in [2.75, 3.05) is 11.6 Å². The molecule has 0 aliphatic heterocycles. The molecular weight excluding hydrogens is 358 g/mol. The van der Waals surface area contributed by atoms with Gasteiger partial charge in [0.25, 0.3) is 0 Å². The van der Waals surface area contributed by atoms with Crippen LogP contribution in [0.4, 0.5) is 11.4 Å². The fraction of sp³-hybridized carbons (Fsp3) is 0.280. The zero-order chi connectivity index (χ0) is 20.1. The fourth-order valence-electron chi connectivity index (χ4n) is 4.22. The zero-order valence-corrected chi connectivity index (χ0v) is 16.8. The molecule has 1 atom stereocenters. The first-order valence-electron chi connectivity index (χ1n) is 10.3. The van der Waals surface area contributed by atoms with Gasteiger partial charge in [0.05, 0.1) is 17.6 Å². The Hall–Kier alpha value is -3.14. The Kier molecular flexibility index (Phi) is 5.89. The predicted octanol–water partition coefficient (Wildman–Crippen LogP) is 5.29. The number of aromatic nitrogens is 1. The molecule has 4 heteroatoms. The number of fused-ring (bicyclic) bond motifs is 1. The summed E-state index contributed by atoms with van der Waals surface area (Å²) in [6, 6.07) is 23.6. The van der Waals surface area contributed by atoms with Crippen molar-refractivity contribution in [1.29, 1.82) is 0 Å². The second kappa shape index (κ2) is 8.91. The second-order valence-electron chi connectivity index (χ2n) is 7.48. The number of anilines is 2. The minimum Gasteiger partial charge on any atom is -0.273 e. The third-order valence-corrected chi connectivity index (χ3v) is 5.58. The molecule has 1 aromatic heterocycles. The van der Waals surface area contributed by atoms with Crippen molar-refractivity contribution in [1.82, 2.24) is 9.99 Å². The highest BCUT2D eigenvalue weighted by Gasteiger charge is 2.25. The lowest BCUT2D eigenvalue weighted by atomic mass is 9.81. The van der Waals surface area contributed by atoms with E-state index in [0.717, 1.165) is 30.6 Å². The van der Waals surface area contributed by atoms with Crippen LogP contribution in [-0.2, 0) is 11.2 Å². The van der Waals surface area contributed by atoms with E-state index in [1.165, 1.54) is 17.5 Å². The van der Waals surface area contributed by atoms with Crippen LogP contribution in [0.3, 0.4) is 0 Å². The van der Waals surface area contributed by atoms with Crippen LogP contribution in [0.15, 0.2) is 73.1 Å². The maximum Gasteiger partial charge on any atom is 0.238 e. The Morgan fingerprint density at radius 1 is 1.10 bits per heavy atom. The van der Waals surface area contributed by atoms with Crippen LogP contribution in [0.1, 0.15) is 43.2 Å². The van der Waals surface area contributed by atoms with Crippen molar-refractivity contribution in [3.63, 3.8) is 0 Å². The zero-order valence-electron chi connectivity index (χ0n) is 16.8. The highest BCUT2D eigenvalue weighted by atomic mass is 16.2. The Bertz CT molecular complexity index is 903. The number of benzene rings is 2. The summed E-state index contributed by atoms with van der Waals surface area (Å²) in [5.41, 5.74) is 4.57. The number of amides is 1. The number of aryl methyl sites for hydroxylation is 1. The van der Waals surface area contributed by atoms with Gasteiger partial charge in [-0.1, -0.05) is 36.4 Å². The summed E-state index contributed by atoms with van der Waals surface area (Å²) >= 11 is 0. The number of hydrogen-bond acceptors (Lipinski definition) is 3. The van der Waals surface area contributed by atoms with Crippen molar-refractivity contribution in [3.8, 4) is 0 Å². The van der Waals surface area contributed by atoms with Gasteiger partial charge in [0, 0.05) is 19.7 Å². The van der Waals surface area contributed by atoms with Gasteiger partial charge in [-0.05, 0) is 73.1 Å². The van der Waals surface area contributed by atoms with E-state index in [-0.39, 0.29) is 5.91 Å². The summed E-state index contributed by atoms with van der Waals surface area (Å²) in [6.45, 7) is 2.28. The molecule has 0 saturated carbocycles. The maximum atomic E-state index is 12.7. The summed E-state index contributed by atoms with van der Waals surface area (Å²) in [5, 5.41) is 3.82. The van der Waals surface area contributed by atoms with Gasteiger partial charge in [0.2, 0.25) is 5.91 Å². The van der Waals surface area contributed by atoms with E-state index in [1.807, 2.05) is 58.5 Å². The van der Waals surface area contributed by atoms with Crippen LogP contribution in [0.2, 0.25) is 0 Å². The van der Waals surface area contributed by atoms with Crippen LogP contribution in [0.5, 0.6) is 0 Å². The number of carbonyl (C=O) groups excluding carboxylic acids is 1. The first-order valence-corrected chi connectivity index (χ1v) is 10.3. The normalized spacial score (nSPS) is 15.4. The van der Waals surface area contributed by atoms with Gasteiger partial charge in [-0.25, -0.2) is 10.0 Å². The summed E-state index contributed by atoms with van der Waals surface area (Å²) in [7, 11) is 0. The Labute approximate surface area is 172 Å². The highest BCUT2D eigenvalue weighted by molar-refractivity contribution is 5.78. The average molecular weight is 385 g/mol. The molecule has 1 radical (unpaired) electrons. The van der Waals surface area contributed by atoms with Gasteiger partial charge in [0.15, 0.2) is 0 Å². The highest BCUT2D eigenvalue weighted by Crippen LogP contribution is 2.35. The molecule has 2 aromatic carbocycles. The number of hydrazine groups is 1. The lowest BCUT2D eigenvalue weighted by molar-refractivity contribution is -0.129. The van der Waals surface area contributed by atoms with E-state index in [0.29, 0.717) is 12.5 Å². The molecule has 0 spiro atoms. The molecule has 4 nitrogen and oxygen atoms in total. The first kappa shape index (κ1) is 19.2. The van der Waals surface area contributed by atoms with E-state index >= 15 is 0 Å². The number of hydrogen-bond donors (Lipinski definition) is 0. The van der Waals surface area contributed by atoms with Crippen molar-refractivity contribution >= 4 is 17.3 Å². The molecule has 1 aliphatic carbocycles. The van der Waals surface area contributed by atoms with E-state index in [4.69, 9.17) is 0 Å². The summed E-state index contributed by atoms with van der Waals surface area (Å²) < 4.78 is 0. The van der Waals surface area contributed by atoms with Gasteiger partial charge in [-0.3, -0.25) is 9.78 Å². The lowest BCUT2D eigenvalue weighted by Gasteiger charge is -2.37. The monoisotopic (exact) mass is 384 g/mol. The van der Waals surface area contributed by atoms with Crippen LogP contribution in [-0.4, -0.2) is 22.4 Å². The summed E-state index contributed by atoms with van der Waals surface area (Å²) in [5.74, 6) is 0.484. The van der Waals surface area contributed by atoms with Crippen molar-refractivity contribution in [2.24, 2.45) is 0 Å². The second-order valence-corrected chi connectivity index (χ2v) is 7.48. The number of pyridine rings is 1. The van der Waals surface area contributed by atoms with Gasteiger partial charge >= 0.3 is 0 Å². The number of rotatable bonds is 6. The molecule has 1 aliphatic rings. The Morgan fingerprint density at radius 2 is 1.93 bits per heavy atom. The van der Waals surface area contributed by atoms with E-state index < -0.39 is 0 Å². The van der Waals surface area contributed by atoms with Crippen LogP contribution < -0.4 is 5.01 Å². The Balaban J connectivity index is 1.61. The minimum atomic E-state index is 0.0216. The summed E-state index contributed by atoms with van der Waals surface area (Å²) in [6.07, 6.45) is 7.93. The average Bonchev–Trinajstić information content (AvgIpc) is 2.77. The van der Waals surface area contributed by atoms with Gasteiger partial charge in [-0.2, -0.15) is 0 Å². The van der Waals surface area contributed by atoms with Crippen LogP contribution in [0, 0.1) is 6.07 Å². The maximum absolute atomic E-state index is 12.7. The molecule has 0 bridgehead atoms. The van der Waals surface area contributed by atoms with Gasteiger partial charge < -0.3 is 0 Å². The van der Waals surface area contributed by atoms with Crippen molar-refractivity contribution in [2.45, 2.75) is 38.5 Å². The summed E-state index contributed by atoms with van der Waals surface area (Å²) in [4.78, 5) is 17.0. The molecule has 147 valence electrons. The molecule has 4 rings (SSSR count). The molecule has 1 heterocycles. The molecule has 3 aromatic rings. The SMILES string of the molecule is CC(=O)N(CCC1CCCc2[c]cccc21)N(c1ccccc1)c1cccnc1. The molecular formula is C25H26N3O. The Morgan fingerprint density at radius 3 is 2.69 bits per heavy atom. The van der Waals surface area contributed by atoms with Gasteiger partial charge in [0.1, 0.15) is 0 Å². The number of carbonyl (C=O) groups is 1. The molecule has 1 unspecified atom stereocenters. The van der Waals surface area contributed by atoms with Gasteiger partial charge in [-0.15, -0.1) is 0 Å². The number of para-hydroxylation sites is 1. The lowest BCUT2D eigenvalue weighted by Crippen LogP contribution is -2.44. The molecule has 0 saturated heterocycles. The third kappa shape index (κ3) is 4.32. The first-order chi connectivity index (χ1) is 14.2. The molecule has 0 N–H and O–H groups in total. The molecule has 0 fully saturated rings.